The molecule has 0 aliphatic rings. The Balaban J connectivity index is 2.10. The van der Waals surface area contributed by atoms with E-state index in [1.165, 1.54) is 21.6 Å². The molecule has 2 aromatic heterocycles. The fourth-order valence-electron chi connectivity index (χ4n) is 2.39. The Morgan fingerprint density at radius 2 is 2.12 bits per heavy atom. The predicted molar refractivity (Wildman–Crippen MR) is 109 cm³/mol. The van der Waals surface area contributed by atoms with E-state index in [1.807, 2.05) is 12.1 Å². The van der Waals surface area contributed by atoms with Gasteiger partial charge in [0.25, 0.3) is 5.91 Å². The Labute approximate surface area is 161 Å². The predicted octanol–water partition coefficient (Wildman–Crippen LogP) is 5.19. The number of rotatable bonds is 5. The van der Waals surface area contributed by atoms with E-state index in [4.69, 9.17) is 0 Å². The zero-order valence-electron chi connectivity index (χ0n) is 13.4. The van der Waals surface area contributed by atoms with Crippen LogP contribution in [-0.2, 0) is 13.0 Å². The van der Waals surface area contributed by atoms with Crippen LogP contribution in [0, 0.1) is 0 Å². The lowest BCUT2D eigenvalue weighted by molar-refractivity contribution is 0.100. The number of aromatic nitrogens is 1. The standard InChI is InChI=1S/C17H17BrN2OS3/c1-3-11-4-5-12-14(10-11)24-17(20(12)8-9-22-2)19-16(21)13-6-7-15(18)23-13/h4-7,10H,3,8-9H2,1-2H3. The Bertz CT molecular complexity index is 939. The number of carbonyl (C=O) groups excluding carboxylic acids is 1. The number of thioether (sulfide) groups is 1. The van der Waals surface area contributed by atoms with Crippen LogP contribution in [-0.4, -0.2) is 22.5 Å². The van der Waals surface area contributed by atoms with Crippen molar-refractivity contribution in [2.75, 3.05) is 12.0 Å². The van der Waals surface area contributed by atoms with Crippen LogP contribution in [0.5, 0.6) is 0 Å². The number of thiophene rings is 1. The first kappa shape index (κ1) is 17.9. The average Bonchev–Trinajstić information content (AvgIpc) is 3.15. The van der Waals surface area contributed by atoms with Crippen LogP contribution >= 0.6 is 50.4 Å². The molecule has 0 radical (unpaired) electrons. The number of aryl methyl sites for hydroxylation is 2. The molecule has 0 saturated carbocycles. The van der Waals surface area contributed by atoms with Crippen molar-refractivity contribution in [3.05, 3.63) is 49.4 Å². The monoisotopic (exact) mass is 440 g/mol. The number of hydrogen-bond donors (Lipinski definition) is 0. The van der Waals surface area contributed by atoms with Gasteiger partial charge in [-0.25, -0.2) is 0 Å². The van der Waals surface area contributed by atoms with Crippen LogP contribution in [0.15, 0.2) is 39.1 Å². The van der Waals surface area contributed by atoms with Gasteiger partial charge in [0.15, 0.2) is 4.80 Å². The third kappa shape index (κ3) is 3.85. The van der Waals surface area contributed by atoms with Crippen LogP contribution in [0.1, 0.15) is 22.2 Å². The van der Waals surface area contributed by atoms with E-state index in [-0.39, 0.29) is 5.91 Å². The lowest BCUT2D eigenvalue weighted by Gasteiger charge is -2.04. The highest BCUT2D eigenvalue weighted by molar-refractivity contribution is 9.11. The molecule has 126 valence electrons. The number of nitrogens with zero attached hydrogens (tertiary/aromatic N) is 2. The van der Waals surface area contributed by atoms with Gasteiger partial charge in [0.2, 0.25) is 0 Å². The molecule has 24 heavy (non-hydrogen) atoms. The molecule has 1 aromatic carbocycles. The Hall–Kier alpha value is -0.890. The Morgan fingerprint density at radius 3 is 2.79 bits per heavy atom. The highest BCUT2D eigenvalue weighted by Gasteiger charge is 2.11. The maximum atomic E-state index is 12.5. The second kappa shape index (κ2) is 7.99. The zero-order valence-corrected chi connectivity index (χ0v) is 17.4. The smallest absolute Gasteiger partial charge is 0.289 e. The van der Waals surface area contributed by atoms with Gasteiger partial charge in [0.05, 0.1) is 18.9 Å². The molecule has 3 rings (SSSR count). The molecule has 0 bridgehead atoms. The van der Waals surface area contributed by atoms with Crippen molar-refractivity contribution in [1.82, 2.24) is 4.57 Å². The summed E-state index contributed by atoms with van der Waals surface area (Å²) < 4.78 is 4.30. The van der Waals surface area contributed by atoms with Crippen molar-refractivity contribution in [3.63, 3.8) is 0 Å². The minimum atomic E-state index is -0.175. The minimum absolute atomic E-state index is 0.175. The van der Waals surface area contributed by atoms with Crippen LogP contribution < -0.4 is 4.80 Å². The number of thiazole rings is 1. The quantitative estimate of drug-likeness (QED) is 0.546. The van der Waals surface area contributed by atoms with E-state index in [0.717, 1.165) is 32.8 Å². The van der Waals surface area contributed by atoms with Crippen LogP contribution in [0.25, 0.3) is 10.2 Å². The summed E-state index contributed by atoms with van der Waals surface area (Å²) >= 11 is 8.20. The van der Waals surface area contributed by atoms with Gasteiger partial charge in [-0.3, -0.25) is 4.79 Å². The molecular formula is C17H17BrN2OS3. The molecule has 3 aromatic rings. The second-order valence-electron chi connectivity index (χ2n) is 5.21. The first-order valence-electron chi connectivity index (χ1n) is 7.58. The van der Waals surface area contributed by atoms with Gasteiger partial charge in [-0.2, -0.15) is 16.8 Å². The largest absolute Gasteiger partial charge is 0.316 e. The fraction of sp³-hybridized carbons (Fsp3) is 0.294. The summed E-state index contributed by atoms with van der Waals surface area (Å²) in [5, 5.41) is 0. The second-order valence-corrected chi connectivity index (χ2v) is 9.66. The van der Waals surface area contributed by atoms with Crippen LogP contribution in [0.2, 0.25) is 0 Å². The molecule has 7 heteroatoms. The molecule has 0 N–H and O–H groups in total. The molecular weight excluding hydrogens is 424 g/mol. The number of halogens is 1. The first-order valence-corrected chi connectivity index (χ1v) is 11.4. The minimum Gasteiger partial charge on any atom is -0.316 e. The van der Waals surface area contributed by atoms with Gasteiger partial charge in [0, 0.05) is 12.3 Å². The summed E-state index contributed by atoms with van der Waals surface area (Å²) in [6.45, 7) is 3.01. The van der Waals surface area contributed by atoms with E-state index >= 15 is 0 Å². The van der Waals surface area contributed by atoms with Crippen molar-refractivity contribution in [1.29, 1.82) is 0 Å². The molecule has 0 unspecified atom stereocenters. The van der Waals surface area contributed by atoms with Gasteiger partial charge in [0.1, 0.15) is 0 Å². The van der Waals surface area contributed by atoms with E-state index < -0.39 is 0 Å². The third-order valence-electron chi connectivity index (χ3n) is 3.66. The van der Waals surface area contributed by atoms with Crippen molar-refractivity contribution < 1.29 is 4.79 Å². The van der Waals surface area contributed by atoms with Gasteiger partial charge in [-0.1, -0.05) is 24.3 Å². The summed E-state index contributed by atoms with van der Waals surface area (Å²) in [6, 6.07) is 10.2. The van der Waals surface area contributed by atoms with E-state index in [9.17, 15) is 4.79 Å². The fourth-order valence-corrected chi connectivity index (χ4v) is 5.15. The molecule has 0 fully saturated rings. The van der Waals surface area contributed by atoms with Gasteiger partial charge in [-0.05, 0) is 58.4 Å². The third-order valence-corrected chi connectivity index (χ3v) is 6.90. The summed E-state index contributed by atoms with van der Waals surface area (Å²) in [7, 11) is 0. The molecule has 2 heterocycles. The van der Waals surface area contributed by atoms with E-state index in [1.54, 1.807) is 23.1 Å². The number of amides is 1. The SMILES string of the molecule is CCc1ccc2c(c1)sc(=NC(=O)c1ccc(Br)s1)n2CCSC. The molecule has 0 spiro atoms. The van der Waals surface area contributed by atoms with Crippen molar-refractivity contribution in [2.24, 2.45) is 4.99 Å². The first-order chi connectivity index (χ1) is 11.6. The van der Waals surface area contributed by atoms with Crippen molar-refractivity contribution in [2.45, 2.75) is 19.9 Å². The molecule has 0 atom stereocenters. The zero-order chi connectivity index (χ0) is 17.1. The van der Waals surface area contributed by atoms with Gasteiger partial charge >= 0.3 is 0 Å². The maximum Gasteiger partial charge on any atom is 0.289 e. The number of fused-ring (bicyclic) bond motifs is 1. The summed E-state index contributed by atoms with van der Waals surface area (Å²) in [4.78, 5) is 18.3. The van der Waals surface area contributed by atoms with Crippen molar-refractivity contribution in [3.8, 4) is 0 Å². The van der Waals surface area contributed by atoms with E-state index in [0.29, 0.717) is 4.88 Å². The van der Waals surface area contributed by atoms with Crippen molar-refractivity contribution >= 4 is 66.5 Å². The molecule has 1 amide bonds. The number of carbonyl (C=O) groups is 1. The highest BCUT2D eigenvalue weighted by Crippen LogP contribution is 2.23. The Morgan fingerprint density at radius 1 is 1.29 bits per heavy atom. The van der Waals surface area contributed by atoms with Gasteiger partial charge in [-0.15, -0.1) is 11.3 Å². The molecule has 0 aliphatic heterocycles. The summed E-state index contributed by atoms with van der Waals surface area (Å²) in [6.07, 6.45) is 3.10. The van der Waals surface area contributed by atoms with Crippen LogP contribution in [0.4, 0.5) is 0 Å². The van der Waals surface area contributed by atoms with Gasteiger partial charge < -0.3 is 4.57 Å². The summed E-state index contributed by atoms with van der Waals surface area (Å²) in [5.74, 6) is 0.818. The van der Waals surface area contributed by atoms with Crippen LogP contribution in [0.3, 0.4) is 0 Å². The lowest BCUT2D eigenvalue weighted by Crippen LogP contribution is -2.18. The van der Waals surface area contributed by atoms with E-state index in [2.05, 4.69) is 56.9 Å². The normalized spacial score (nSPS) is 12.2. The summed E-state index contributed by atoms with van der Waals surface area (Å²) in [5.41, 5.74) is 2.46. The number of benzene rings is 1. The molecule has 0 aliphatic carbocycles. The average molecular weight is 441 g/mol. The molecule has 0 saturated heterocycles. The molecule has 3 nitrogen and oxygen atoms in total. The number of hydrogen-bond acceptors (Lipinski definition) is 4. The maximum absolute atomic E-state index is 12.5. The topological polar surface area (TPSA) is 34.4 Å². The Kier molecular flexibility index (Phi) is 5.97. The lowest BCUT2D eigenvalue weighted by atomic mass is 10.2. The highest BCUT2D eigenvalue weighted by atomic mass is 79.9.